The quantitative estimate of drug-likeness (QED) is 0.723. The monoisotopic (exact) mass is 393 g/mol. The molecule has 1 aromatic rings. The molecule has 1 amide bonds. The fourth-order valence-corrected chi connectivity index (χ4v) is 5.45. The number of hydrogen-bond donors (Lipinski definition) is 1. The molecule has 0 bridgehead atoms. The van der Waals surface area contributed by atoms with Gasteiger partial charge in [0.2, 0.25) is 10.0 Å². The van der Waals surface area contributed by atoms with E-state index in [0.717, 1.165) is 32.4 Å². The Kier molecular flexibility index (Phi) is 6.89. The predicted molar refractivity (Wildman–Crippen MR) is 106 cm³/mol. The Bertz CT molecular complexity index is 727. The van der Waals surface area contributed by atoms with Crippen LogP contribution < -0.4 is 5.32 Å². The van der Waals surface area contributed by atoms with Crippen LogP contribution in [0.4, 0.5) is 0 Å². The van der Waals surface area contributed by atoms with Crippen molar-refractivity contribution >= 4 is 15.9 Å². The molecule has 0 aromatic heterocycles. The second-order valence-electron chi connectivity index (χ2n) is 7.63. The maximum Gasteiger partial charge on any atom is 0.251 e. The van der Waals surface area contributed by atoms with Crippen molar-refractivity contribution in [2.24, 2.45) is 0 Å². The first-order valence-electron chi connectivity index (χ1n) is 10.1. The summed E-state index contributed by atoms with van der Waals surface area (Å²) in [6, 6.07) is 6.92. The highest BCUT2D eigenvalue weighted by Crippen LogP contribution is 2.21. The number of hydrogen-bond acceptors (Lipinski definition) is 4. The van der Waals surface area contributed by atoms with Gasteiger partial charge in [-0.3, -0.25) is 4.79 Å². The molecule has 1 N–H and O–H groups in total. The van der Waals surface area contributed by atoms with E-state index in [1.54, 1.807) is 12.1 Å². The number of nitrogens with zero attached hydrogens (tertiary/aromatic N) is 2. The number of likely N-dealkylation sites (tertiary alicyclic amines) is 1. The van der Waals surface area contributed by atoms with Crippen molar-refractivity contribution in [3.63, 3.8) is 0 Å². The molecule has 0 saturated carbocycles. The first kappa shape index (κ1) is 20.3. The lowest BCUT2D eigenvalue weighted by atomic mass is 10.0. The summed E-state index contributed by atoms with van der Waals surface area (Å²) in [5.41, 5.74) is 0.502. The summed E-state index contributed by atoms with van der Waals surface area (Å²) >= 11 is 0. The molecule has 6 nitrogen and oxygen atoms in total. The lowest BCUT2D eigenvalue weighted by molar-refractivity contribution is 0.0948. The molecule has 150 valence electrons. The molecule has 0 unspecified atom stereocenters. The van der Waals surface area contributed by atoms with Gasteiger partial charge in [0, 0.05) is 37.8 Å². The SMILES string of the molecule is C[C@H]1CCCCN1CCCNC(=O)c1ccc(S(=O)(=O)N2CCCC2)cc1. The van der Waals surface area contributed by atoms with Gasteiger partial charge in [0.15, 0.2) is 0 Å². The zero-order valence-electron chi connectivity index (χ0n) is 16.2. The van der Waals surface area contributed by atoms with Crippen LogP contribution in [0.25, 0.3) is 0 Å². The van der Waals surface area contributed by atoms with Gasteiger partial charge >= 0.3 is 0 Å². The molecule has 1 aromatic carbocycles. The summed E-state index contributed by atoms with van der Waals surface area (Å²) in [6.45, 7) is 6.24. The highest BCUT2D eigenvalue weighted by Gasteiger charge is 2.27. The van der Waals surface area contributed by atoms with Gasteiger partial charge in [0.25, 0.3) is 5.91 Å². The van der Waals surface area contributed by atoms with E-state index in [-0.39, 0.29) is 10.8 Å². The van der Waals surface area contributed by atoms with Gasteiger partial charge < -0.3 is 10.2 Å². The molecule has 2 aliphatic heterocycles. The average Bonchev–Trinajstić information content (AvgIpc) is 3.22. The Morgan fingerprint density at radius 1 is 1.07 bits per heavy atom. The van der Waals surface area contributed by atoms with E-state index in [9.17, 15) is 13.2 Å². The van der Waals surface area contributed by atoms with Crippen molar-refractivity contribution in [2.75, 3.05) is 32.7 Å². The second kappa shape index (κ2) is 9.17. The van der Waals surface area contributed by atoms with E-state index in [0.29, 0.717) is 31.2 Å². The first-order chi connectivity index (χ1) is 13.0. The highest BCUT2D eigenvalue weighted by atomic mass is 32.2. The van der Waals surface area contributed by atoms with Crippen molar-refractivity contribution in [1.29, 1.82) is 0 Å². The number of nitrogens with one attached hydrogen (secondary N) is 1. The lowest BCUT2D eigenvalue weighted by Crippen LogP contribution is -2.39. The second-order valence-corrected chi connectivity index (χ2v) is 9.56. The van der Waals surface area contributed by atoms with Crippen LogP contribution in [0.5, 0.6) is 0 Å². The molecule has 0 spiro atoms. The molecular formula is C20H31N3O3S. The summed E-state index contributed by atoms with van der Waals surface area (Å²) in [7, 11) is -3.42. The molecule has 0 radical (unpaired) electrons. The molecule has 27 heavy (non-hydrogen) atoms. The standard InChI is InChI=1S/C20H31N3O3S/c1-17-7-2-3-13-22(17)14-6-12-21-20(24)18-8-10-19(11-9-18)27(25,26)23-15-4-5-16-23/h8-11,17H,2-7,12-16H2,1H3,(H,21,24)/t17-/m0/s1. The molecule has 1 atom stereocenters. The van der Waals surface area contributed by atoms with E-state index < -0.39 is 10.0 Å². The van der Waals surface area contributed by atoms with Crippen LogP contribution in [0.1, 0.15) is 55.8 Å². The van der Waals surface area contributed by atoms with Gasteiger partial charge in [0.1, 0.15) is 0 Å². The normalized spacial score (nSPS) is 22.0. The summed E-state index contributed by atoms with van der Waals surface area (Å²) in [5.74, 6) is -0.146. The van der Waals surface area contributed by atoms with Crippen LogP contribution in [-0.2, 0) is 10.0 Å². The average molecular weight is 394 g/mol. The van der Waals surface area contributed by atoms with Crippen molar-refractivity contribution in [1.82, 2.24) is 14.5 Å². The van der Waals surface area contributed by atoms with E-state index >= 15 is 0 Å². The number of amides is 1. The van der Waals surface area contributed by atoms with Crippen molar-refractivity contribution in [3.05, 3.63) is 29.8 Å². The van der Waals surface area contributed by atoms with Crippen molar-refractivity contribution in [3.8, 4) is 0 Å². The minimum atomic E-state index is -3.42. The molecule has 2 saturated heterocycles. The number of carbonyl (C=O) groups excluding carboxylic acids is 1. The topological polar surface area (TPSA) is 69.7 Å². The van der Waals surface area contributed by atoms with Crippen molar-refractivity contribution < 1.29 is 13.2 Å². The number of rotatable bonds is 7. The summed E-state index contributed by atoms with van der Waals surface area (Å²) in [6.07, 6.45) is 6.60. The zero-order valence-corrected chi connectivity index (χ0v) is 17.0. The fraction of sp³-hybridized carbons (Fsp3) is 0.650. The Hall–Kier alpha value is -1.44. The Morgan fingerprint density at radius 2 is 1.74 bits per heavy atom. The lowest BCUT2D eigenvalue weighted by Gasteiger charge is -2.33. The third-order valence-electron chi connectivity index (χ3n) is 5.67. The van der Waals surface area contributed by atoms with E-state index in [1.807, 2.05) is 0 Å². The molecule has 3 rings (SSSR count). The van der Waals surface area contributed by atoms with Crippen LogP contribution in [-0.4, -0.2) is 62.3 Å². The van der Waals surface area contributed by atoms with E-state index in [4.69, 9.17) is 0 Å². The largest absolute Gasteiger partial charge is 0.352 e. The number of benzene rings is 1. The van der Waals surface area contributed by atoms with Gasteiger partial charge in [-0.1, -0.05) is 6.42 Å². The van der Waals surface area contributed by atoms with Crippen LogP contribution >= 0.6 is 0 Å². The van der Waals surface area contributed by atoms with E-state index in [2.05, 4.69) is 17.1 Å². The maximum absolute atomic E-state index is 12.5. The Balaban J connectivity index is 1.47. The third-order valence-corrected chi connectivity index (χ3v) is 7.58. The van der Waals surface area contributed by atoms with Crippen LogP contribution in [0, 0.1) is 0 Å². The number of carbonyl (C=O) groups is 1. The van der Waals surface area contributed by atoms with Gasteiger partial charge in [-0.05, 0) is 69.8 Å². The molecular weight excluding hydrogens is 362 g/mol. The molecule has 2 fully saturated rings. The van der Waals surface area contributed by atoms with Gasteiger partial charge in [-0.2, -0.15) is 4.31 Å². The van der Waals surface area contributed by atoms with Crippen molar-refractivity contribution in [2.45, 2.75) is 56.4 Å². The molecule has 0 aliphatic carbocycles. The minimum Gasteiger partial charge on any atom is -0.352 e. The highest BCUT2D eigenvalue weighted by molar-refractivity contribution is 7.89. The maximum atomic E-state index is 12.5. The van der Waals surface area contributed by atoms with Gasteiger partial charge in [0.05, 0.1) is 4.90 Å². The smallest absolute Gasteiger partial charge is 0.251 e. The Morgan fingerprint density at radius 3 is 2.41 bits per heavy atom. The minimum absolute atomic E-state index is 0.146. The third kappa shape index (κ3) is 5.09. The van der Waals surface area contributed by atoms with Gasteiger partial charge in [-0.15, -0.1) is 0 Å². The Labute approximate surface area is 163 Å². The fourth-order valence-electron chi connectivity index (χ4n) is 3.93. The van der Waals surface area contributed by atoms with Gasteiger partial charge in [-0.25, -0.2) is 8.42 Å². The van der Waals surface area contributed by atoms with E-state index in [1.165, 1.54) is 35.7 Å². The number of sulfonamides is 1. The van der Waals surface area contributed by atoms with Crippen LogP contribution in [0.2, 0.25) is 0 Å². The first-order valence-corrected chi connectivity index (χ1v) is 11.5. The van der Waals surface area contributed by atoms with Crippen LogP contribution in [0.15, 0.2) is 29.2 Å². The summed E-state index contributed by atoms with van der Waals surface area (Å²) < 4.78 is 26.6. The molecule has 2 aliphatic rings. The molecule has 2 heterocycles. The summed E-state index contributed by atoms with van der Waals surface area (Å²) in [4.78, 5) is 15.1. The van der Waals surface area contributed by atoms with Crippen LogP contribution in [0.3, 0.4) is 0 Å². The number of piperidine rings is 1. The summed E-state index contributed by atoms with van der Waals surface area (Å²) in [5, 5.41) is 2.94. The zero-order chi connectivity index (χ0) is 19.3. The predicted octanol–water partition coefficient (Wildman–Crippen LogP) is 2.47. The molecule has 7 heteroatoms.